The van der Waals surface area contributed by atoms with Crippen LogP contribution in [0, 0.1) is 6.92 Å². The maximum atomic E-state index is 13.1. The smallest absolute Gasteiger partial charge is 0.406 e. The number of alkyl halides is 3. The Hall–Kier alpha value is -3.32. The summed E-state index contributed by atoms with van der Waals surface area (Å²) >= 11 is 5.70. The number of benzene rings is 1. The third-order valence-corrected chi connectivity index (χ3v) is 5.78. The molecular weight excluding hydrogens is 477 g/mol. The predicted octanol–water partition coefficient (Wildman–Crippen LogP) is 3.76. The zero-order valence-corrected chi connectivity index (χ0v) is 17.7. The van der Waals surface area contributed by atoms with Gasteiger partial charge in [0, 0.05) is 18.0 Å². The Kier molecular flexibility index (Phi) is 6.60. The second-order valence-corrected chi connectivity index (χ2v) is 8.49. The van der Waals surface area contributed by atoms with Gasteiger partial charge in [0.15, 0.2) is 5.82 Å². The molecule has 0 saturated carbocycles. The van der Waals surface area contributed by atoms with E-state index in [0.29, 0.717) is 10.1 Å². The highest BCUT2D eigenvalue weighted by Gasteiger charge is 2.31. The van der Waals surface area contributed by atoms with Crippen LogP contribution >= 0.6 is 11.6 Å². The number of nitrogens with zero attached hydrogens (tertiary/aromatic N) is 3. The molecule has 32 heavy (non-hydrogen) atoms. The molecule has 0 bridgehead atoms. The van der Waals surface area contributed by atoms with Crippen LogP contribution in [0.3, 0.4) is 0 Å². The van der Waals surface area contributed by atoms with Crippen molar-refractivity contribution in [2.75, 3.05) is 16.2 Å². The van der Waals surface area contributed by atoms with E-state index in [2.05, 4.69) is 20.2 Å². The van der Waals surface area contributed by atoms with Crippen LogP contribution in [0.15, 0.2) is 58.1 Å². The standard InChI is InChI=1S/C18H14ClF3N4O5S/c1-11-8-16(25-31-11)26(32(28,29)14-6-7-15(19)23-9-14)10-17(27)24-12-2-4-13(5-3-12)30-18(20,21)22/h2-9H,10H2,1H3,(H,24,27). The molecule has 2 heterocycles. The van der Waals surface area contributed by atoms with Crippen LogP contribution in [-0.4, -0.2) is 37.4 Å². The van der Waals surface area contributed by atoms with E-state index in [-0.39, 0.29) is 21.6 Å². The number of amides is 1. The quantitative estimate of drug-likeness (QED) is 0.501. The van der Waals surface area contributed by atoms with Crippen molar-refractivity contribution in [3.05, 3.63) is 59.6 Å². The first-order chi connectivity index (χ1) is 14.9. The van der Waals surface area contributed by atoms with Crippen molar-refractivity contribution in [1.82, 2.24) is 10.1 Å². The fourth-order valence-corrected chi connectivity index (χ4v) is 3.88. The Morgan fingerprint density at radius 2 is 1.91 bits per heavy atom. The molecule has 0 unspecified atom stereocenters. The van der Waals surface area contributed by atoms with E-state index in [1.54, 1.807) is 0 Å². The molecule has 170 valence electrons. The summed E-state index contributed by atoms with van der Waals surface area (Å²) in [6, 6.07) is 8.13. The van der Waals surface area contributed by atoms with Crippen molar-refractivity contribution < 1.29 is 35.6 Å². The lowest BCUT2D eigenvalue weighted by Gasteiger charge is -2.21. The fraction of sp³-hybridized carbons (Fsp3) is 0.167. The third-order valence-electron chi connectivity index (χ3n) is 3.82. The molecule has 0 radical (unpaired) electrons. The van der Waals surface area contributed by atoms with Gasteiger partial charge in [-0.2, -0.15) is 0 Å². The van der Waals surface area contributed by atoms with Crippen molar-refractivity contribution in [3.8, 4) is 5.75 Å². The van der Waals surface area contributed by atoms with Gasteiger partial charge in [0.25, 0.3) is 10.0 Å². The summed E-state index contributed by atoms with van der Waals surface area (Å²) < 4.78 is 72.3. The van der Waals surface area contributed by atoms with Gasteiger partial charge in [-0.05, 0) is 43.3 Å². The fourth-order valence-electron chi connectivity index (χ4n) is 2.47. The SMILES string of the molecule is Cc1cc(N(CC(=O)Nc2ccc(OC(F)(F)F)cc2)S(=O)(=O)c2ccc(Cl)nc2)no1. The van der Waals surface area contributed by atoms with E-state index in [9.17, 15) is 26.4 Å². The van der Waals surface area contributed by atoms with Gasteiger partial charge in [-0.1, -0.05) is 16.8 Å². The normalized spacial score (nSPS) is 11.8. The summed E-state index contributed by atoms with van der Waals surface area (Å²) in [7, 11) is -4.29. The van der Waals surface area contributed by atoms with Crippen LogP contribution < -0.4 is 14.4 Å². The monoisotopic (exact) mass is 490 g/mol. The number of halogens is 4. The van der Waals surface area contributed by atoms with Crippen molar-refractivity contribution in [2.24, 2.45) is 0 Å². The van der Waals surface area contributed by atoms with E-state index in [0.717, 1.165) is 18.3 Å². The molecule has 0 aliphatic heterocycles. The molecule has 0 aliphatic rings. The van der Waals surface area contributed by atoms with Crippen LogP contribution in [0.5, 0.6) is 5.75 Å². The van der Waals surface area contributed by atoms with E-state index in [1.807, 2.05) is 0 Å². The number of carbonyl (C=O) groups is 1. The molecule has 2 aromatic heterocycles. The number of rotatable bonds is 7. The van der Waals surface area contributed by atoms with E-state index in [1.165, 1.54) is 37.3 Å². The molecule has 3 aromatic rings. The second-order valence-electron chi connectivity index (χ2n) is 6.24. The van der Waals surface area contributed by atoms with Crippen LogP contribution in [0.25, 0.3) is 0 Å². The minimum absolute atomic E-state index is 0.0727. The van der Waals surface area contributed by atoms with Gasteiger partial charge in [-0.15, -0.1) is 13.2 Å². The largest absolute Gasteiger partial charge is 0.573 e. The van der Waals surface area contributed by atoms with Gasteiger partial charge in [-0.25, -0.2) is 17.7 Å². The first-order valence-corrected chi connectivity index (χ1v) is 10.5. The summed E-state index contributed by atoms with van der Waals surface area (Å²) in [4.78, 5) is 16.0. The van der Waals surface area contributed by atoms with Crippen LogP contribution in [-0.2, 0) is 14.8 Å². The van der Waals surface area contributed by atoms with E-state index >= 15 is 0 Å². The maximum absolute atomic E-state index is 13.1. The third kappa shape index (κ3) is 5.88. The number of nitrogens with one attached hydrogen (secondary N) is 1. The van der Waals surface area contributed by atoms with Crippen molar-refractivity contribution in [3.63, 3.8) is 0 Å². The second kappa shape index (κ2) is 9.04. The molecule has 14 heteroatoms. The van der Waals surface area contributed by atoms with E-state index < -0.39 is 34.6 Å². The topological polar surface area (TPSA) is 115 Å². The molecule has 0 spiro atoms. The van der Waals surface area contributed by atoms with Crippen molar-refractivity contribution in [2.45, 2.75) is 18.2 Å². The molecule has 0 fully saturated rings. The number of anilines is 2. The van der Waals surface area contributed by atoms with Crippen molar-refractivity contribution >= 4 is 39.0 Å². The summed E-state index contributed by atoms with van der Waals surface area (Å²) in [5.74, 6) is -1.12. The molecule has 3 rings (SSSR count). The predicted molar refractivity (Wildman–Crippen MR) is 107 cm³/mol. The Bertz CT molecular complexity index is 1200. The maximum Gasteiger partial charge on any atom is 0.573 e. The van der Waals surface area contributed by atoms with Crippen molar-refractivity contribution in [1.29, 1.82) is 0 Å². The summed E-state index contributed by atoms with van der Waals surface area (Å²) in [6.07, 6.45) is -3.83. The Morgan fingerprint density at radius 3 is 2.44 bits per heavy atom. The molecule has 9 nitrogen and oxygen atoms in total. The summed E-state index contributed by atoms with van der Waals surface area (Å²) in [6.45, 7) is 0.827. The first kappa shape index (κ1) is 23.3. The van der Waals surface area contributed by atoms with Gasteiger partial charge in [0.1, 0.15) is 28.1 Å². The number of ether oxygens (including phenoxy) is 1. The number of pyridine rings is 1. The molecular formula is C18H14ClF3N4O5S. The number of aryl methyl sites for hydroxylation is 1. The number of aromatic nitrogens is 2. The zero-order chi connectivity index (χ0) is 23.5. The number of hydrogen-bond acceptors (Lipinski definition) is 7. The van der Waals surface area contributed by atoms with Gasteiger partial charge >= 0.3 is 6.36 Å². The Balaban J connectivity index is 1.81. The van der Waals surface area contributed by atoms with Gasteiger partial charge in [0.05, 0.1) is 0 Å². The van der Waals surface area contributed by atoms with Crippen LogP contribution in [0.2, 0.25) is 5.15 Å². The highest BCUT2D eigenvalue weighted by molar-refractivity contribution is 7.92. The summed E-state index contributed by atoms with van der Waals surface area (Å²) in [5, 5.41) is 6.12. The molecule has 1 aromatic carbocycles. The van der Waals surface area contributed by atoms with E-state index in [4.69, 9.17) is 16.1 Å². The van der Waals surface area contributed by atoms with Gasteiger partial charge in [-0.3, -0.25) is 4.79 Å². The lowest BCUT2D eigenvalue weighted by Crippen LogP contribution is -2.38. The number of carbonyl (C=O) groups excluding carboxylic acids is 1. The van der Waals surface area contributed by atoms with Gasteiger partial charge < -0.3 is 14.6 Å². The first-order valence-electron chi connectivity index (χ1n) is 8.67. The lowest BCUT2D eigenvalue weighted by molar-refractivity contribution is -0.274. The lowest BCUT2D eigenvalue weighted by atomic mass is 10.3. The number of sulfonamides is 1. The van der Waals surface area contributed by atoms with Gasteiger partial charge in [0.2, 0.25) is 5.91 Å². The molecule has 0 aliphatic carbocycles. The van der Waals surface area contributed by atoms with Crippen LogP contribution in [0.1, 0.15) is 5.76 Å². The Labute approximate surface area is 184 Å². The Morgan fingerprint density at radius 1 is 1.22 bits per heavy atom. The minimum atomic E-state index is -4.86. The average Bonchev–Trinajstić information content (AvgIpc) is 3.12. The molecule has 0 saturated heterocycles. The molecule has 1 amide bonds. The average molecular weight is 491 g/mol. The van der Waals surface area contributed by atoms with Crippen LogP contribution in [0.4, 0.5) is 24.7 Å². The molecule has 0 atom stereocenters. The zero-order valence-electron chi connectivity index (χ0n) is 16.1. The highest BCUT2D eigenvalue weighted by atomic mass is 35.5. The molecule has 1 N–H and O–H groups in total. The minimum Gasteiger partial charge on any atom is -0.406 e. The highest BCUT2D eigenvalue weighted by Crippen LogP contribution is 2.25. The number of hydrogen-bond donors (Lipinski definition) is 1. The summed E-state index contributed by atoms with van der Waals surface area (Å²) in [5.41, 5.74) is 0.117.